The van der Waals surface area contributed by atoms with Crippen LogP contribution in [0.2, 0.25) is 0 Å². The van der Waals surface area contributed by atoms with E-state index in [2.05, 4.69) is 19.8 Å². The first-order valence-electron chi connectivity index (χ1n) is 15.7. The Morgan fingerprint density at radius 2 is 1.82 bits per heavy atom. The predicted molar refractivity (Wildman–Crippen MR) is 168 cm³/mol. The van der Waals surface area contributed by atoms with Crippen LogP contribution in [-0.2, 0) is 19.9 Å². The Balaban J connectivity index is 1.36. The van der Waals surface area contributed by atoms with Gasteiger partial charge in [0.1, 0.15) is 18.4 Å². The van der Waals surface area contributed by atoms with Gasteiger partial charge in [0.25, 0.3) is 5.91 Å². The zero-order valence-corrected chi connectivity index (χ0v) is 25.4. The number of methoxy groups -OCH3 is 1. The average Bonchev–Trinajstić information content (AvgIpc) is 3.65. The van der Waals surface area contributed by atoms with Crippen LogP contribution in [-0.4, -0.2) is 76.6 Å². The van der Waals surface area contributed by atoms with Gasteiger partial charge in [0.2, 0.25) is 0 Å². The molecule has 2 saturated heterocycles. The van der Waals surface area contributed by atoms with Crippen molar-refractivity contribution in [2.45, 2.75) is 62.6 Å². The molecule has 4 aliphatic heterocycles. The number of carbonyl (C=O) groups excluding carboxylic acids is 2. The molecule has 0 aliphatic carbocycles. The van der Waals surface area contributed by atoms with Gasteiger partial charge in [0.05, 0.1) is 33.7 Å². The molecule has 2 fully saturated rings. The topological polar surface area (TPSA) is 119 Å². The van der Waals surface area contributed by atoms with Gasteiger partial charge < -0.3 is 44.0 Å². The SMILES string of the molecule is CO[C@@H]1[C@H](N(C)C(=O)OC2CCCNC2)C[C@H]2O[C@]1(C)n1c3ccccc3c3c4c(c5c6ccccc6n2c5c31)C(=O)NC4O. The molecular formula is C34H35N5O6. The lowest BCUT2D eigenvalue weighted by atomic mass is 9.92. The number of aromatic nitrogens is 2. The van der Waals surface area contributed by atoms with Gasteiger partial charge in [0.15, 0.2) is 12.0 Å². The first-order chi connectivity index (χ1) is 21.8. The van der Waals surface area contributed by atoms with Crippen molar-refractivity contribution in [3.05, 3.63) is 59.7 Å². The Bertz CT molecular complexity index is 2080. The third kappa shape index (κ3) is 3.44. The average molecular weight is 610 g/mol. The minimum atomic E-state index is -1.16. The number of ether oxygens (including phenoxy) is 3. The number of piperidine rings is 1. The summed E-state index contributed by atoms with van der Waals surface area (Å²) in [6.45, 7) is 3.59. The molecule has 9 rings (SSSR count). The number of benzene rings is 3. The van der Waals surface area contributed by atoms with Crippen LogP contribution in [0.1, 0.15) is 54.6 Å². The molecule has 0 saturated carbocycles. The summed E-state index contributed by atoms with van der Waals surface area (Å²) in [6, 6.07) is 15.6. The summed E-state index contributed by atoms with van der Waals surface area (Å²) in [6.07, 6.45) is -0.593. The highest BCUT2D eigenvalue weighted by Gasteiger charge is 2.55. The highest BCUT2D eigenvalue weighted by molar-refractivity contribution is 6.31. The molecule has 2 unspecified atom stereocenters. The number of nitrogens with zero attached hydrogens (tertiary/aromatic N) is 3. The summed E-state index contributed by atoms with van der Waals surface area (Å²) in [5, 5.41) is 20.8. The summed E-state index contributed by atoms with van der Waals surface area (Å²) < 4.78 is 23.9. The van der Waals surface area contributed by atoms with E-state index in [0.717, 1.165) is 63.0 Å². The van der Waals surface area contributed by atoms with E-state index in [1.54, 1.807) is 19.1 Å². The number of hydrogen-bond donors (Lipinski definition) is 3. The van der Waals surface area contributed by atoms with Crippen molar-refractivity contribution >= 4 is 55.6 Å². The molecule has 2 aromatic heterocycles. The molecule has 11 heteroatoms. The maximum atomic E-state index is 13.7. The Morgan fingerprint density at radius 3 is 2.56 bits per heavy atom. The summed E-state index contributed by atoms with van der Waals surface area (Å²) in [5.41, 5.74) is 3.51. The second-order valence-electron chi connectivity index (χ2n) is 12.9. The zero-order chi connectivity index (χ0) is 30.8. The molecule has 3 aromatic carbocycles. The quantitative estimate of drug-likeness (QED) is 0.277. The third-order valence-corrected chi connectivity index (χ3v) is 10.6. The van der Waals surface area contributed by atoms with E-state index in [1.807, 2.05) is 55.5 Å². The van der Waals surface area contributed by atoms with Gasteiger partial charge >= 0.3 is 6.09 Å². The summed E-state index contributed by atoms with van der Waals surface area (Å²) in [5.74, 6) is -0.300. The van der Waals surface area contributed by atoms with Crippen molar-refractivity contribution in [3.8, 4) is 0 Å². The smallest absolute Gasteiger partial charge is 0.410 e. The summed E-state index contributed by atoms with van der Waals surface area (Å²) >= 11 is 0. The van der Waals surface area contributed by atoms with Gasteiger partial charge in [-0.25, -0.2) is 4.79 Å². The van der Waals surface area contributed by atoms with Gasteiger partial charge in [-0.1, -0.05) is 36.4 Å². The largest absolute Gasteiger partial charge is 0.445 e. The molecule has 11 nitrogen and oxygen atoms in total. The second-order valence-corrected chi connectivity index (χ2v) is 12.9. The molecule has 232 valence electrons. The van der Waals surface area contributed by atoms with E-state index < -0.39 is 30.3 Å². The lowest BCUT2D eigenvalue weighted by Gasteiger charge is -2.50. The van der Waals surface area contributed by atoms with Gasteiger partial charge in [-0.2, -0.15) is 0 Å². The van der Waals surface area contributed by atoms with E-state index in [-0.39, 0.29) is 18.1 Å². The lowest BCUT2D eigenvalue weighted by molar-refractivity contribution is -0.265. The van der Waals surface area contributed by atoms with E-state index >= 15 is 0 Å². The number of nitrogens with one attached hydrogen (secondary N) is 2. The molecule has 6 heterocycles. The van der Waals surface area contributed by atoms with Crippen molar-refractivity contribution in [2.24, 2.45) is 0 Å². The first kappa shape index (κ1) is 27.2. The molecule has 2 amide bonds. The minimum Gasteiger partial charge on any atom is -0.445 e. The highest BCUT2D eigenvalue weighted by atomic mass is 16.6. The van der Waals surface area contributed by atoms with Crippen LogP contribution in [0.4, 0.5) is 4.79 Å². The summed E-state index contributed by atoms with van der Waals surface area (Å²) in [7, 11) is 3.44. The number of aliphatic hydroxyl groups excluding tert-OH is 1. The Hall–Kier alpha value is -4.16. The van der Waals surface area contributed by atoms with Gasteiger partial charge in [-0.05, 0) is 38.4 Å². The normalized spacial score (nSPS) is 29.0. The predicted octanol–water partition coefficient (Wildman–Crippen LogP) is 4.45. The molecule has 3 N–H and O–H groups in total. The summed E-state index contributed by atoms with van der Waals surface area (Å²) in [4.78, 5) is 29.0. The van der Waals surface area contributed by atoms with Crippen molar-refractivity contribution in [1.82, 2.24) is 24.7 Å². The van der Waals surface area contributed by atoms with Crippen LogP contribution < -0.4 is 10.6 Å². The van der Waals surface area contributed by atoms with Crippen molar-refractivity contribution in [1.29, 1.82) is 0 Å². The fraction of sp³-hybridized carbons (Fsp3) is 0.412. The van der Waals surface area contributed by atoms with Crippen molar-refractivity contribution in [2.75, 3.05) is 27.2 Å². The second kappa shape index (κ2) is 9.43. The van der Waals surface area contributed by atoms with E-state index in [9.17, 15) is 14.7 Å². The molecular weight excluding hydrogens is 574 g/mol. The zero-order valence-electron chi connectivity index (χ0n) is 25.4. The van der Waals surface area contributed by atoms with Crippen LogP contribution in [0.15, 0.2) is 48.5 Å². The molecule has 0 radical (unpaired) electrons. The molecule has 45 heavy (non-hydrogen) atoms. The standard InChI is InChI=1S/C34H35N5O6/c1-34-30(43-3)22(37(2)33(42)44-17-9-8-14-35-16-17)15-23(45-34)38-20-12-6-4-10-18(20)24-26-27(32(41)36-31(26)40)25-19-11-5-7-13-21(19)39(34)29(25)28(24)38/h4-7,10-13,17,22-23,30,32,35,41H,8-9,14-16H2,1-3H3,(H,36,40)/t17?,22-,23-,30-,32?,34+/m1/s1. The molecule has 5 aromatic rings. The van der Waals surface area contributed by atoms with Crippen molar-refractivity contribution in [3.63, 3.8) is 0 Å². The van der Waals surface area contributed by atoms with Gasteiger partial charge in [-0.15, -0.1) is 0 Å². The van der Waals surface area contributed by atoms with E-state index in [0.29, 0.717) is 24.1 Å². The van der Waals surface area contributed by atoms with E-state index in [1.165, 1.54) is 0 Å². The first-order valence-corrected chi connectivity index (χ1v) is 15.7. The molecule has 2 bridgehead atoms. The van der Waals surface area contributed by atoms with Gasteiger partial charge in [0, 0.05) is 54.2 Å². The number of para-hydroxylation sites is 2. The Labute approximate surface area is 258 Å². The number of aliphatic hydroxyl groups is 1. The monoisotopic (exact) mass is 609 g/mol. The van der Waals surface area contributed by atoms with Crippen LogP contribution in [0.25, 0.3) is 43.6 Å². The van der Waals surface area contributed by atoms with E-state index in [4.69, 9.17) is 14.2 Å². The molecule has 6 atom stereocenters. The Morgan fingerprint density at radius 1 is 1.09 bits per heavy atom. The number of hydrogen-bond acceptors (Lipinski definition) is 7. The fourth-order valence-corrected chi connectivity index (χ4v) is 8.72. The van der Waals surface area contributed by atoms with Crippen LogP contribution in [0.3, 0.4) is 0 Å². The minimum absolute atomic E-state index is 0.183. The van der Waals surface area contributed by atoms with Crippen molar-refractivity contribution < 1.29 is 28.9 Å². The Kier molecular flexibility index (Phi) is 5.69. The number of fused-ring (bicyclic) bond motifs is 13. The number of likely N-dealkylation sites (N-methyl/N-ethyl adjacent to an activating group) is 1. The highest BCUT2D eigenvalue weighted by Crippen LogP contribution is 2.55. The van der Waals surface area contributed by atoms with Crippen LogP contribution in [0, 0.1) is 0 Å². The van der Waals surface area contributed by atoms with Crippen LogP contribution in [0.5, 0.6) is 0 Å². The maximum Gasteiger partial charge on any atom is 0.410 e. The molecule has 0 spiro atoms. The fourth-order valence-electron chi connectivity index (χ4n) is 8.72. The lowest BCUT2D eigenvalue weighted by Crippen LogP contribution is -2.61. The number of amides is 2. The molecule has 4 aliphatic rings. The third-order valence-electron chi connectivity index (χ3n) is 10.6. The number of carbonyl (C=O) groups is 2. The van der Waals surface area contributed by atoms with Gasteiger partial charge in [-0.3, -0.25) is 4.79 Å². The number of rotatable bonds is 3. The van der Waals surface area contributed by atoms with Crippen LogP contribution >= 0.6 is 0 Å². The maximum absolute atomic E-state index is 13.7.